The number of ether oxygens (including phenoxy) is 1. The van der Waals surface area contributed by atoms with Crippen molar-refractivity contribution in [3.05, 3.63) is 16.3 Å². The van der Waals surface area contributed by atoms with E-state index in [2.05, 4.69) is 0 Å². The molecule has 0 atom stereocenters. The molecule has 0 aliphatic carbocycles. The van der Waals surface area contributed by atoms with Gasteiger partial charge in [0.15, 0.2) is 0 Å². The molecular weight excluding hydrogens is 242 g/mol. The minimum absolute atomic E-state index is 0.123. The molecule has 5 nitrogen and oxygen atoms in total. The highest BCUT2D eigenvalue weighted by Crippen LogP contribution is 2.26. The van der Waals surface area contributed by atoms with E-state index in [9.17, 15) is 9.59 Å². The number of aromatic carboxylic acids is 1. The minimum Gasteiger partial charge on any atom is -0.477 e. The normalized spacial score (nSPS) is 11.1. The van der Waals surface area contributed by atoms with E-state index in [0.29, 0.717) is 5.69 Å². The van der Waals surface area contributed by atoms with Gasteiger partial charge < -0.3 is 9.84 Å². The number of rotatable bonds is 2. The summed E-state index contributed by atoms with van der Waals surface area (Å²) in [5.74, 6) is -1.05. The topological polar surface area (TPSA) is 66.8 Å². The minimum atomic E-state index is -1.05. The first kappa shape index (κ1) is 13.5. The summed E-state index contributed by atoms with van der Waals surface area (Å²) in [5, 5.41) is 10.6. The fraction of sp³-hybridized carbons (Fsp3) is 0.455. The molecule has 0 saturated heterocycles. The Bertz CT molecular complexity index is 433. The summed E-state index contributed by atoms with van der Waals surface area (Å²) >= 11 is 1.07. The number of amides is 1. The Morgan fingerprint density at radius 1 is 1.41 bits per heavy atom. The first-order valence-corrected chi connectivity index (χ1v) is 5.88. The Kier molecular flexibility index (Phi) is 3.77. The molecule has 1 N–H and O–H groups in total. The number of hydrogen-bond donors (Lipinski definition) is 1. The van der Waals surface area contributed by atoms with Crippen molar-refractivity contribution in [2.75, 3.05) is 11.9 Å². The Hall–Kier alpha value is -1.56. The van der Waals surface area contributed by atoms with Crippen molar-refractivity contribution in [2.45, 2.75) is 26.4 Å². The molecule has 0 radical (unpaired) electrons. The number of carbonyl (C=O) groups excluding carboxylic acids is 1. The zero-order valence-electron chi connectivity index (χ0n) is 10.2. The van der Waals surface area contributed by atoms with Crippen molar-refractivity contribution in [2.24, 2.45) is 0 Å². The molecule has 0 unspecified atom stereocenters. The second-order valence-electron chi connectivity index (χ2n) is 4.48. The predicted molar refractivity (Wildman–Crippen MR) is 65.9 cm³/mol. The zero-order valence-corrected chi connectivity index (χ0v) is 11.0. The van der Waals surface area contributed by atoms with Crippen LogP contribution in [0, 0.1) is 0 Å². The third-order valence-electron chi connectivity index (χ3n) is 1.87. The quantitative estimate of drug-likeness (QED) is 0.884. The first-order chi connectivity index (χ1) is 7.72. The van der Waals surface area contributed by atoms with Gasteiger partial charge in [-0.05, 0) is 32.2 Å². The molecule has 0 bridgehead atoms. The van der Waals surface area contributed by atoms with Crippen LogP contribution < -0.4 is 4.90 Å². The van der Waals surface area contributed by atoms with Gasteiger partial charge in [0.25, 0.3) is 0 Å². The van der Waals surface area contributed by atoms with Crippen LogP contribution in [0.1, 0.15) is 30.4 Å². The largest absolute Gasteiger partial charge is 0.477 e. The Labute approximate surface area is 104 Å². The Morgan fingerprint density at radius 2 is 2.00 bits per heavy atom. The van der Waals surface area contributed by atoms with Gasteiger partial charge in [0.2, 0.25) is 0 Å². The molecule has 0 aliphatic heterocycles. The number of thiophene rings is 1. The van der Waals surface area contributed by atoms with Crippen LogP contribution in [0.15, 0.2) is 11.4 Å². The SMILES string of the molecule is CN(C(=O)OC(C)(C)C)c1ccsc1C(=O)O. The molecule has 94 valence electrons. The van der Waals surface area contributed by atoms with E-state index in [0.717, 1.165) is 11.3 Å². The summed E-state index contributed by atoms with van der Waals surface area (Å²) in [6, 6.07) is 1.58. The summed E-state index contributed by atoms with van der Waals surface area (Å²) < 4.78 is 5.16. The highest BCUT2D eigenvalue weighted by atomic mass is 32.1. The van der Waals surface area contributed by atoms with Crippen molar-refractivity contribution in [3.63, 3.8) is 0 Å². The number of anilines is 1. The molecular formula is C11H15NO4S. The third kappa shape index (κ3) is 3.45. The molecule has 1 rings (SSSR count). The van der Waals surface area contributed by atoms with Gasteiger partial charge in [-0.1, -0.05) is 0 Å². The van der Waals surface area contributed by atoms with Crippen LogP contribution >= 0.6 is 11.3 Å². The van der Waals surface area contributed by atoms with E-state index in [4.69, 9.17) is 9.84 Å². The van der Waals surface area contributed by atoms with Crippen molar-refractivity contribution in [3.8, 4) is 0 Å². The molecule has 6 heteroatoms. The molecule has 0 fully saturated rings. The molecule has 1 aromatic rings. The van der Waals surface area contributed by atoms with E-state index in [1.165, 1.54) is 11.9 Å². The molecule has 1 heterocycles. The molecule has 1 aromatic heterocycles. The van der Waals surface area contributed by atoms with Gasteiger partial charge in [-0.3, -0.25) is 4.90 Å². The summed E-state index contributed by atoms with van der Waals surface area (Å²) in [4.78, 5) is 24.0. The van der Waals surface area contributed by atoms with Crippen LogP contribution in [0.4, 0.5) is 10.5 Å². The van der Waals surface area contributed by atoms with E-state index in [1.54, 1.807) is 32.2 Å². The number of carboxylic acid groups (broad SMARTS) is 1. The lowest BCUT2D eigenvalue weighted by molar-refractivity contribution is 0.0589. The van der Waals surface area contributed by atoms with Gasteiger partial charge in [-0.25, -0.2) is 9.59 Å². The van der Waals surface area contributed by atoms with Crippen molar-refractivity contribution in [1.29, 1.82) is 0 Å². The zero-order chi connectivity index (χ0) is 13.2. The standard InChI is InChI=1S/C11H15NO4S/c1-11(2,3)16-10(15)12(4)7-5-6-17-8(7)9(13)14/h5-6H,1-4H3,(H,13,14). The van der Waals surface area contributed by atoms with Crippen LogP contribution in [-0.2, 0) is 4.74 Å². The van der Waals surface area contributed by atoms with Gasteiger partial charge in [0, 0.05) is 7.05 Å². The average Bonchev–Trinajstić information content (AvgIpc) is 2.61. The molecule has 17 heavy (non-hydrogen) atoms. The van der Waals surface area contributed by atoms with Gasteiger partial charge in [-0.2, -0.15) is 0 Å². The maximum Gasteiger partial charge on any atom is 0.414 e. The molecule has 0 saturated carbocycles. The number of carbonyl (C=O) groups is 2. The lowest BCUT2D eigenvalue weighted by Crippen LogP contribution is -2.34. The third-order valence-corrected chi connectivity index (χ3v) is 2.76. The highest BCUT2D eigenvalue weighted by Gasteiger charge is 2.24. The summed E-state index contributed by atoms with van der Waals surface area (Å²) in [6.45, 7) is 5.26. The Balaban J connectivity index is 2.89. The van der Waals surface area contributed by atoms with E-state index < -0.39 is 17.7 Å². The van der Waals surface area contributed by atoms with Gasteiger partial charge >= 0.3 is 12.1 Å². The molecule has 0 spiro atoms. The molecule has 0 aliphatic rings. The van der Waals surface area contributed by atoms with Gasteiger partial charge in [0.1, 0.15) is 10.5 Å². The fourth-order valence-corrected chi connectivity index (χ4v) is 1.91. The average molecular weight is 257 g/mol. The van der Waals surface area contributed by atoms with Crippen molar-refractivity contribution in [1.82, 2.24) is 0 Å². The number of hydrogen-bond acceptors (Lipinski definition) is 4. The van der Waals surface area contributed by atoms with Crippen molar-refractivity contribution < 1.29 is 19.4 Å². The van der Waals surface area contributed by atoms with Crippen LogP contribution in [0.5, 0.6) is 0 Å². The predicted octanol–water partition coefficient (Wildman–Crippen LogP) is 2.82. The lowest BCUT2D eigenvalue weighted by atomic mass is 10.2. The van der Waals surface area contributed by atoms with Crippen LogP contribution in [0.3, 0.4) is 0 Å². The van der Waals surface area contributed by atoms with Gasteiger partial charge in [0.05, 0.1) is 5.69 Å². The van der Waals surface area contributed by atoms with E-state index in [-0.39, 0.29) is 4.88 Å². The number of nitrogens with zero attached hydrogens (tertiary/aromatic N) is 1. The second kappa shape index (κ2) is 4.75. The monoisotopic (exact) mass is 257 g/mol. The van der Waals surface area contributed by atoms with Crippen LogP contribution in [0.2, 0.25) is 0 Å². The van der Waals surface area contributed by atoms with Crippen molar-refractivity contribution >= 4 is 29.1 Å². The van der Waals surface area contributed by atoms with Crippen LogP contribution in [-0.4, -0.2) is 29.8 Å². The van der Waals surface area contributed by atoms with E-state index in [1.807, 2.05) is 0 Å². The van der Waals surface area contributed by atoms with E-state index >= 15 is 0 Å². The summed E-state index contributed by atoms with van der Waals surface area (Å²) in [5.41, 5.74) is -0.262. The maximum atomic E-state index is 11.7. The Morgan fingerprint density at radius 3 is 2.47 bits per heavy atom. The summed E-state index contributed by atoms with van der Waals surface area (Å²) in [6.07, 6.45) is -0.571. The fourth-order valence-electron chi connectivity index (χ4n) is 1.16. The second-order valence-corrected chi connectivity index (χ2v) is 5.40. The lowest BCUT2D eigenvalue weighted by Gasteiger charge is -2.24. The first-order valence-electron chi connectivity index (χ1n) is 5.00. The number of carboxylic acids is 1. The smallest absolute Gasteiger partial charge is 0.414 e. The van der Waals surface area contributed by atoms with Crippen LogP contribution in [0.25, 0.3) is 0 Å². The highest BCUT2D eigenvalue weighted by molar-refractivity contribution is 7.12. The molecule has 1 amide bonds. The summed E-state index contributed by atoms with van der Waals surface area (Å²) in [7, 11) is 1.49. The van der Waals surface area contributed by atoms with Gasteiger partial charge in [-0.15, -0.1) is 11.3 Å². The maximum absolute atomic E-state index is 11.7. The molecule has 0 aromatic carbocycles.